The van der Waals surface area contributed by atoms with Crippen LogP contribution < -0.4 is 10.7 Å². The summed E-state index contributed by atoms with van der Waals surface area (Å²) in [5.41, 5.74) is 5.58. The van der Waals surface area contributed by atoms with Crippen molar-refractivity contribution in [2.75, 3.05) is 5.32 Å². The molecule has 0 saturated carbocycles. The molecule has 0 spiro atoms. The molecule has 8 heteroatoms. The first-order valence-electron chi connectivity index (χ1n) is 9.41. The number of rotatable bonds is 5. The first-order chi connectivity index (χ1) is 14.9. The van der Waals surface area contributed by atoms with E-state index in [0.717, 1.165) is 21.2 Å². The van der Waals surface area contributed by atoms with Crippen LogP contribution in [0.3, 0.4) is 0 Å². The molecule has 0 aliphatic heterocycles. The molecule has 4 rings (SSSR count). The highest BCUT2D eigenvalue weighted by molar-refractivity contribution is 7.21. The third-order valence-electron chi connectivity index (χ3n) is 4.60. The summed E-state index contributed by atoms with van der Waals surface area (Å²) in [7, 11) is 0. The first-order valence-corrected chi connectivity index (χ1v) is 10.6. The average Bonchev–Trinajstić information content (AvgIpc) is 3.40. The molecule has 31 heavy (non-hydrogen) atoms. The fraction of sp³-hybridized carbons (Fsp3) is 0.0870. The van der Waals surface area contributed by atoms with Crippen LogP contribution in [-0.2, 0) is 0 Å². The zero-order valence-electron chi connectivity index (χ0n) is 16.7. The van der Waals surface area contributed by atoms with E-state index in [0.29, 0.717) is 21.3 Å². The molecule has 0 unspecified atom stereocenters. The Morgan fingerprint density at radius 3 is 2.68 bits per heavy atom. The summed E-state index contributed by atoms with van der Waals surface area (Å²) >= 11 is 7.73. The number of amides is 2. The molecule has 4 aromatic rings. The molecule has 0 bridgehead atoms. The van der Waals surface area contributed by atoms with Crippen LogP contribution in [0.25, 0.3) is 10.1 Å². The number of nitrogens with zero attached hydrogens (tertiary/aromatic N) is 1. The summed E-state index contributed by atoms with van der Waals surface area (Å²) in [6, 6.07) is 16.3. The quantitative estimate of drug-likeness (QED) is 0.294. The number of benzene rings is 2. The van der Waals surface area contributed by atoms with Crippen LogP contribution in [0, 0.1) is 6.92 Å². The van der Waals surface area contributed by atoms with E-state index in [1.807, 2.05) is 31.2 Å². The molecule has 156 valence electrons. The fourth-order valence-corrected chi connectivity index (χ4v) is 4.50. The van der Waals surface area contributed by atoms with Crippen molar-refractivity contribution in [2.45, 2.75) is 13.8 Å². The van der Waals surface area contributed by atoms with Gasteiger partial charge in [-0.15, -0.1) is 11.3 Å². The molecular formula is C23H18ClN3O3S. The van der Waals surface area contributed by atoms with E-state index in [-0.39, 0.29) is 17.6 Å². The number of halogens is 1. The van der Waals surface area contributed by atoms with Crippen molar-refractivity contribution in [3.8, 4) is 0 Å². The second-order valence-electron chi connectivity index (χ2n) is 6.90. The Kier molecular flexibility index (Phi) is 5.88. The Labute approximate surface area is 187 Å². The van der Waals surface area contributed by atoms with E-state index in [1.54, 1.807) is 37.3 Å². The summed E-state index contributed by atoms with van der Waals surface area (Å²) < 4.78 is 6.05. The molecule has 2 N–H and O–H groups in total. The normalized spacial score (nSPS) is 11.5. The van der Waals surface area contributed by atoms with Gasteiger partial charge >= 0.3 is 0 Å². The third-order valence-corrected chi connectivity index (χ3v) is 6.26. The van der Waals surface area contributed by atoms with Crippen molar-refractivity contribution in [3.05, 3.63) is 87.6 Å². The fourth-order valence-electron chi connectivity index (χ4n) is 2.99. The van der Waals surface area contributed by atoms with Crippen LogP contribution in [0.15, 0.2) is 70.4 Å². The monoisotopic (exact) mass is 451 g/mol. The van der Waals surface area contributed by atoms with Gasteiger partial charge in [-0.25, -0.2) is 5.43 Å². The van der Waals surface area contributed by atoms with Crippen LogP contribution in [0.2, 0.25) is 5.02 Å². The van der Waals surface area contributed by atoms with Crippen LogP contribution in [-0.4, -0.2) is 17.5 Å². The van der Waals surface area contributed by atoms with Crippen molar-refractivity contribution in [2.24, 2.45) is 5.10 Å². The van der Waals surface area contributed by atoms with Gasteiger partial charge in [0.05, 0.1) is 17.0 Å². The largest absolute Gasteiger partial charge is 0.459 e. The van der Waals surface area contributed by atoms with E-state index in [4.69, 9.17) is 16.0 Å². The molecule has 0 aliphatic carbocycles. The number of hydrazone groups is 1. The summed E-state index contributed by atoms with van der Waals surface area (Å²) in [6.07, 6.45) is 1.44. The highest BCUT2D eigenvalue weighted by atomic mass is 35.5. The van der Waals surface area contributed by atoms with E-state index in [9.17, 15) is 9.59 Å². The van der Waals surface area contributed by atoms with E-state index in [1.165, 1.54) is 17.6 Å². The lowest BCUT2D eigenvalue weighted by Crippen LogP contribution is -2.18. The Morgan fingerprint density at radius 1 is 1.06 bits per heavy atom. The third kappa shape index (κ3) is 4.52. The second kappa shape index (κ2) is 8.75. The van der Waals surface area contributed by atoms with Crippen LogP contribution in [0.1, 0.15) is 38.3 Å². The lowest BCUT2D eigenvalue weighted by atomic mass is 10.1. The first kappa shape index (κ1) is 20.8. The number of hydrogen-bond donors (Lipinski definition) is 2. The van der Waals surface area contributed by atoms with Gasteiger partial charge in [-0.3, -0.25) is 9.59 Å². The molecule has 0 fully saturated rings. The van der Waals surface area contributed by atoms with E-state index in [2.05, 4.69) is 15.8 Å². The van der Waals surface area contributed by atoms with Crippen LogP contribution in [0.5, 0.6) is 0 Å². The van der Waals surface area contributed by atoms with Crippen molar-refractivity contribution in [1.82, 2.24) is 5.43 Å². The number of nitrogens with one attached hydrogen (secondary N) is 2. The van der Waals surface area contributed by atoms with Gasteiger partial charge in [0, 0.05) is 15.8 Å². The lowest BCUT2D eigenvalue weighted by Gasteiger charge is -2.07. The molecule has 0 radical (unpaired) electrons. The van der Waals surface area contributed by atoms with Gasteiger partial charge in [-0.1, -0.05) is 35.9 Å². The summed E-state index contributed by atoms with van der Waals surface area (Å²) in [5.74, 6) is -0.497. The van der Waals surface area contributed by atoms with Gasteiger partial charge in [0.2, 0.25) is 0 Å². The van der Waals surface area contributed by atoms with Gasteiger partial charge in [0.15, 0.2) is 5.76 Å². The number of fused-ring (bicyclic) bond motifs is 1. The van der Waals surface area contributed by atoms with E-state index < -0.39 is 0 Å². The zero-order chi connectivity index (χ0) is 22.0. The Morgan fingerprint density at radius 2 is 1.90 bits per heavy atom. The molecule has 2 amide bonds. The highest BCUT2D eigenvalue weighted by Crippen LogP contribution is 2.35. The molecule has 0 aliphatic rings. The number of aryl methyl sites for hydroxylation is 1. The molecule has 2 aromatic heterocycles. The topological polar surface area (TPSA) is 83.7 Å². The van der Waals surface area contributed by atoms with Crippen molar-refractivity contribution in [3.63, 3.8) is 0 Å². The molecule has 0 saturated heterocycles. The highest BCUT2D eigenvalue weighted by Gasteiger charge is 2.17. The maximum Gasteiger partial charge on any atom is 0.291 e. The molecule has 6 nitrogen and oxygen atoms in total. The van der Waals surface area contributed by atoms with E-state index >= 15 is 0 Å². The minimum atomic E-state index is -0.370. The van der Waals surface area contributed by atoms with Crippen LogP contribution >= 0.6 is 22.9 Å². The summed E-state index contributed by atoms with van der Waals surface area (Å²) in [5, 5.41) is 8.24. The minimum Gasteiger partial charge on any atom is -0.459 e. The van der Waals surface area contributed by atoms with Gasteiger partial charge in [-0.05, 0) is 55.3 Å². The number of thiophene rings is 1. The lowest BCUT2D eigenvalue weighted by molar-refractivity contribution is 0.0957. The number of anilines is 1. The Hall–Kier alpha value is -3.42. The molecule has 2 heterocycles. The van der Waals surface area contributed by atoms with Gasteiger partial charge < -0.3 is 9.73 Å². The molecule has 0 atom stereocenters. The smallest absolute Gasteiger partial charge is 0.291 e. The van der Waals surface area contributed by atoms with Crippen molar-refractivity contribution < 1.29 is 14.0 Å². The van der Waals surface area contributed by atoms with Crippen molar-refractivity contribution >= 4 is 56.2 Å². The number of hydrogen-bond acceptors (Lipinski definition) is 5. The second-order valence-corrected chi connectivity index (χ2v) is 8.33. The van der Waals surface area contributed by atoms with Gasteiger partial charge in [0.1, 0.15) is 4.88 Å². The van der Waals surface area contributed by atoms with Gasteiger partial charge in [0.25, 0.3) is 11.8 Å². The summed E-state index contributed by atoms with van der Waals surface area (Å²) in [6.45, 7) is 3.76. The van der Waals surface area contributed by atoms with Gasteiger partial charge in [-0.2, -0.15) is 5.10 Å². The summed E-state index contributed by atoms with van der Waals surface area (Å²) in [4.78, 5) is 25.2. The maximum absolute atomic E-state index is 12.6. The predicted molar refractivity (Wildman–Crippen MR) is 124 cm³/mol. The van der Waals surface area contributed by atoms with Crippen LogP contribution in [0.4, 0.5) is 5.69 Å². The molecular weight excluding hydrogens is 434 g/mol. The average molecular weight is 452 g/mol. The Bertz CT molecular complexity index is 1310. The minimum absolute atomic E-state index is 0.221. The zero-order valence-corrected chi connectivity index (χ0v) is 18.3. The standard InChI is InChI=1S/C23H18ClN3O3S/c1-13-8-9-17-19(11-13)31-21(20(17)24)23(29)27-26-14(2)15-5-3-6-16(12-15)25-22(28)18-7-4-10-30-18/h3-12H,1-2H3,(H,25,28)(H,27,29)/b26-14+. The predicted octanol–water partition coefficient (Wildman–Crippen LogP) is 5.86. The Balaban J connectivity index is 1.49. The molecule has 2 aromatic carbocycles. The SMILES string of the molecule is C/C(=N\NC(=O)c1sc2cc(C)ccc2c1Cl)c1cccc(NC(=O)c2ccco2)c1. The van der Waals surface area contributed by atoms with Crippen molar-refractivity contribution in [1.29, 1.82) is 0 Å². The number of carbonyl (C=O) groups is 2. The number of furan rings is 1. The maximum atomic E-state index is 12.6. The number of carbonyl (C=O) groups excluding carboxylic acids is 2.